The number of aromatic nitrogens is 4. The minimum Gasteiger partial charge on any atom is -0.378 e. The van der Waals surface area contributed by atoms with E-state index in [1.165, 1.54) is 0 Å². The fraction of sp³-hybridized carbons (Fsp3) is 0.474. The van der Waals surface area contributed by atoms with Crippen molar-refractivity contribution >= 4 is 11.8 Å². The maximum atomic E-state index is 13.2. The lowest BCUT2D eigenvalue weighted by Gasteiger charge is -2.32. The van der Waals surface area contributed by atoms with E-state index >= 15 is 0 Å². The lowest BCUT2D eigenvalue weighted by atomic mass is 9.85. The second kappa shape index (κ2) is 18.0. The summed E-state index contributed by atoms with van der Waals surface area (Å²) in [6.07, 6.45) is 3.31. The van der Waals surface area contributed by atoms with Crippen LogP contribution in [0.4, 0.5) is 8.78 Å². The molecule has 2 aromatic heterocycles. The van der Waals surface area contributed by atoms with Crippen LogP contribution in [0.2, 0.25) is 0 Å². The molecule has 4 aromatic rings. The molecule has 0 saturated heterocycles. The molecule has 0 saturated carbocycles. The molecule has 10 nitrogen and oxygen atoms in total. The number of halogens is 2. The van der Waals surface area contributed by atoms with Crippen LogP contribution in [-0.2, 0) is 16.1 Å². The van der Waals surface area contributed by atoms with E-state index < -0.39 is 47.8 Å². The molecule has 3 unspecified atom stereocenters. The predicted octanol–water partition coefficient (Wildman–Crippen LogP) is 7.08. The molecule has 2 aromatic carbocycles. The third kappa shape index (κ3) is 11.6. The SMILES string of the molecule is CC.CC(C)C.CC(O)(CF)C(=O)NCc1ncc(-c2ccc(-c3ccc(-c4cnc(C(NC(=O)C(C)(O)CF)C(C)(C)C)[nH]4)cc3)cc2)[nH]1. The molecular weight excluding hydrogens is 642 g/mol. The smallest absolute Gasteiger partial charge is 0.255 e. The van der Waals surface area contributed by atoms with Crippen molar-refractivity contribution in [3.8, 4) is 33.6 Å². The number of alkyl halides is 2. The maximum absolute atomic E-state index is 13.2. The van der Waals surface area contributed by atoms with E-state index in [1.807, 2.05) is 83.1 Å². The van der Waals surface area contributed by atoms with E-state index in [2.05, 4.69) is 51.3 Å². The summed E-state index contributed by atoms with van der Waals surface area (Å²) in [5.74, 6) is 0.165. The van der Waals surface area contributed by atoms with Gasteiger partial charge < -0.3 is 30.8 Å². The number of rotatable bonds is 11. The minimum atomic E-state index is -2.13. The number of benzene rings is 2. The van der Waals surface area contributed by atoms with Crippen LogP contribution in [0.1, 0.15) is 86.9 Å². The molecule has 2 heterocycles. The molecule has 0 aliphatic carbocycles. The number of aliphatic hydroxyl groups is 2. The van der Waals surface area contributed by atoms with Crippen LogP contribution in [-0.4, -0.2) is 66.5 Å². The predicted molar refractivity (Wildman–Crippen MR) is 194 cm³/mol. The quantitative estimate of drug-likeness (QED) is 0.0984. The molecule has 0 aliphatic rings. The molecule has 12 heteroatoms. The van der Waals surface area contributed by atoms with E-state index in [1.54, 1.807) is 12.4 Å². The van der Waals surface area contributed by atoms with Gasteiger partial charge in [-0.3, -0.25) is 9.59 Å². The lowest BCUT2D eigenvalue weighted by molar-refractivity contribution is -0.141. The summed E-state index contributed by atoms with van der Waals surface area (Å²) in [4.78, 5) is 39.5. The Hall–Kier alpha value is -4.42. The second-order valence-electron chi connectivity index (χ2n) is 14.1. The Morgan fingerprint density at radius 3 is 1.56 bits per heavy atom. The van der Waals surface area contributed by atoms with E-state index in [9.17, 15) is 28.6 Å². The first-order valence-electron chi connectivity index (χ1n) is 16.8. The zero-order chi connectivity index (χ0) is 37.9. The maximum Gasteiger partial charge on any atom is 0.255 e. The number of amides is 2. The first-order chi connectivity index (χ1) is 23.4. The number of carbonyl (C=O) groups excluding carboxylic acids is 2. The molecule has 0 fully saturated rings. The average molecular weight is 697 g/mol. The summed E-state index contributed by atoms with van der Waals surface area (Å²) in [6.45, 7) is 16.1. The highest BCUT2D eigenvalue weighted by atomic mass is 19.1. The molecule has 274 valence electrons. The van der Waals surface area contributed by atoms with Crippen LogP contribution in [0.15, 0.2) is 60.9 Å². The fourth-order valence-corrected chi connectivity index (χ4v) is 4.37. The van der Waals surface area contributed by atoms with Crippen molar-refractivity contribution in [3.05, 3.63) is 72.6 Å². The Labute approximate surface area is 294 Å². The van der Waals surface area contributed by atoms with Gasteiger partial charge in [-0.15, -0.1) is 0 Å². The van der Waals surface area contributed by atoms with Crippen LogP contribution in [0.5, 0.6) is 0 Å². The van der Waals surface area contributed by atoms with Gasteiger partial charge in [-0.05, 0) is 47.4 Å². The number of nitrogens with one attached hydrogen (secondary N) is 4. The Kier molecular flexibility index (Phi) is 15.0. The van der Waals surface area contributed by atoms with E-state index in [4.69, 9.17) is 0 Å². The molecular formula is C38H54F2N6O4. The zero-order valence-corrected chi connectivity index (χ0v) is 30.9. The Morgan fingerprint density at radius 1 is 0.720 bits per heavy atom. The molecule has 0 bridgehead atoms. The van der Waals surface area contributed by atoms with Crippen LogP contribution in [0.3, 0.4) is 0 Å². The molecule has 0 aliphatic heterocycles. The highest BCUT2D eigenvalue weighted by Crippen LogP contribution is 2.33. The van der Waals surface area contributed by atoms with Crippen LogP contribution in [0, 0.1) is 11.3 Å². The Morgan fingerprint density at radius 2 is 1.12 bits per heavy atom. The van der Waals surface area contributed by atoms with Gasteiger partial charge in [0.15, 0.2) is 11.2 Å². The first kappa shape index (κ1) is 41.7. The average Bonchev–Trinajstić information content (AvgIpc) is 3.77. The number of imidazole rings is 2. The van der Waals surface area contributed by atoms with Gasteiger partial charge in [-0.1, -0.05) is 104 Å². The van der Waals surface area contributed by atoms with Gasteiger partial charge in [0, 0.05) is 0 Å². The van der Waals surface area contributed by atoms with E-state index in [-0.39, 0.29) is 6.54 Å². The third-order valence-corrected chi connectivity index (χ3v) is 7.28. The molecule has 2 amide bonds. The van der Waals surface area contributed by atoms with Crippen molar-refractivity contribution < 1.29 is 28.6 Å². The Bertz CT molecular complexity index is 1640. The first-order valence-corrected chi connectivity index (χ1v) is 16.8. The molecule has 0 radical (unpaired) electrons. The minimum absolute atomic E-state index is 0.0178. The number of nitrogens with zero attached hydrogens (tertiary/aromatic N) is 2. The molecule has 0 spiro atoms. The summed E-state index contributed by atoms with van der Waals surface area (Å²) >= 11 is 0. The number of hydrogen-bond donors (Lipinski definition) is 6. The molecule has 3 atom stereocenters. The van der Waals surface area contributed by atoms with Gasteiger partial charge in [0.05, 0.1) is 36.4 Å². The van der Waals surface area contributed by atoms with Crippen molar-refractivity contribution in [2.45, 2.75) is 93.0 Å². The largest absolute Gasteiger partial charge is 0.378 e. The van der Waals surface area contributed by atoms with Crippen molar-refractivity contribution in [1.82, 2.24) is 30.6 Å². The summed E-state index contributed by atoms with van der Waals surface area (Å²) in [5.41, 5.74) is 0.522. The number of H-pyrrole nitrogens is 2. The summed E-state index contributed by atoms with van der Waals surface area (Å²) in [5, 5.41) is 24.9. The highest BCUT2D eigenvalue weighted by Gasteiger charge is 2.37. The normalized spacial score (nSPS) is 14.2. The molecule has 6 N–H and O–H groups in total. The van der Waals surface area contributed by atoms with Gasteiger partial charge in [-0.2, -0.15) is 0 Å². The lowest BCUT2D eigenvalue weighted by Crippen LogP contribution is -2.49. The monoisotopic (exact) mass is 696 g/mol. The van der Waals surface area contributed by atoms with Crippen molar-refractivity contribution in [3.63, 3.8) is 0 Å². The fourth-order valence-electron chi connectivity index (χ4n) is 4.37. The summed E-state index contributed by atoms with van der Waals surface area (Å²) in [7, 11) is 0. The van der Waals surface area contributed by atoms with Crippen LogP contribution >= 0.6 is 0 Å². The van der Waals surface area contributed by atoms with Gasteiger partial charge in [0.2, 0.25) is 0 Å². The van der Waals surface area contributed by atoms with E-state index in [0.29, 0.717) is 11.6 Å². The topological polar surface area (TPSA) is 156 Å². The summed E-state index contributed by atoms with van der Waals surface area (Å²) in [6, 6.07) is 15.1. The standard InChI is InChI=1S/C32H38F2N6O4.C4H10.C2H6/c1-30(2,3)26(40-29(42)32(5,44)18-34)27-36-15-24(39-27)22-12-8-20(9-13-22)19-6-10-21(11-7-19)23-14-35-25(38-23)16-37-28(41)31(4,43)17-33;1-4(2)3;1-2/h6-15,26,43-44H,16-18H2,1-5H3,(H,35,38)(H,36,39)(H,37,41)(H,40,42);4H,1-3H3;1-2H3. The highest BCUT2D eigenvalue weighted by molar-refractivity contribution is 5.85. The number of aromatic amines is 2. The van der Waals surface area contributed by atoms with Gasteiger partial charge in [0.1, 0.15) is 25.0 Å². The Balaban J connectivity index is 0.00000135. The van der Waals surface area contributed by atoms with Crippen molar-refractivity contribution in [2.75, 3.05) is 13.3 Å². The van der Waals surface area contributed by atoms with Gasteiger partial charge in [-0.25, -0.2) is 18.7 Å². The second-order valence-corrected chi connectivity index (χ2v) is 14.1. The van der Waals surface area contributed by atoms with Crippen LogP contribution in [0.25, 0.3) is 33.6 Å². The zero-order valence-electron chi connectivity index (χ0n) is 30.9. The van der Waals surface area contributed by atoms with Crippen molar-refractivity contribution in [2.24, 2.45) is 11.3 Å². The summed E-state index contributed by atoms with van der Waals surface area (Å²) < 4.78 is 26.0. The number of carbonyl (C=O) groups is 2. The third-order valence-electron chi connectivity index (χ3n) is 7.28. The van der Waals surface area contributed by atoms with E-state index in [0.717, 1.165) is 53.4 Å². The van der Waals surface area contributed by atoms with Crippen molar-refractivity contribution in [1.29, 1.82) is 0 Å². The van der Waals surface area contributed by atoms with Gasteiger partial charge >= 0.3 is 0 Å². The number of hydrogen-bond acceptors (Lipinski definition) is 6. The van der Waals surface area contributed by atoms with Crippen LogP contribution < -0.4 is 10.6 Å². The molecule has 4 rings (SSSR count). The van der Waals surface area contributed by atoms with Gasteiger partial charge in [0.25, 0.3) is 11.8 Å². The molecule has 50 heavy (non-hydrogen) atoms.